The second-order valence-electron chi connectivity index (χ2n) is 6.04. The molecule has 0 unspecified atom stereocenters. The molecule has 0 saturated carbocycles. The van der Waals surface area contributed by atoms with Crippen LogP contribution >= 0.6 is 35.3 Å². The van der Waals surface area contributed by atoms with Gasteiger partial charge in [-0.05, 0) is 37.3 Å². The van der Waals surface area contributed by atoms with Gasteiger partial charge in [-0.15, -0.1) is 23.7 Å². The number of carbonyl (C=O) groups excluding carboxylic acids is 1. The summed E-state index contributed by atoms with van der Waals surface area (Å²) in [5, 5.41) is 12.5. The minimum Gasteiger partial charge on any atom is -0.351 e. The molecule has 1 amide bonds. The number of carbonyl (C=O) groups is 1. The van der Waals surface area contributed by atoms with Crippen molar-refractivity contribution >= 4 is 51.5 Å². The number of fused-ring (bicyclic) bond motifs is 1. The molecule has 5 nitrogen and oxygen atoms in total. The van der Waals surface area contributed by atoms with Crippen LogP contribution in [0.2, 0.25) is 5.02 Å². The number of thiophene rings is 1. The fraction of sp³-hybridized carbons (Fsp3) is 0.294. The molecule has 2 N–H and O–H groups in total. The van der Waals surface area contributed by atoms with E-state index in [2.05, 4.69) is 15.7 Å². The highest BCUT2D eigenvalue weighted by molar-refractivity contribution is 7.20. The van der Waals surface area contributed by atoms with Gasteiger partial charge in [-0.3, -0.25) is 4.79 Å². The molecular formula is C17H18Cl2N4OS. The highest BCUT2D eigenvalue weighted by Gasteiger charge is 2.20. The third-order valence-corrected chi connectivity index (χ3v) is 5.62. The Labute approximate surface area is 160 Å². The van der Waals surface area contributed by atoms with Crippen LogP contribution < -0.4 is 10.6 Å². The fourth-order valence-electron chi connectivity index (χ4n) is 2.73. The number of benzene rings is 1. The lowest BCUT2D eigenvalue weighted by Gasteiger charge is -2.26. The summed E-state index contributed by atoms with van der Waals surface area (Å²) in [4.78, 5) is 14.1. The number of aryl methyl sites for hydroxylation is 1. The Morgan fingerprint density at radius 2 is 2.12 bits per heavy atom. The first-order valence-corrected chi connectivity index (χ1v) is 9.05. The standard InChI is InChI=1S/C17H17ClN4OS.ClH/c1-10-14-6-15(16(23)20-9-11-7-19-8-11)24-17(14)22(21-10)13-4-2-12(18)3-5-13;/h2-6,11,19H,7-9H2,1H3,(H,20,23);1H. The SMILES string of the molecule is Cc1nn(-c2ccc(Cl)cc2)c2sc(C(=O)NCC3CNC3)cc12.Cl. The number of hydrogen-bond acceptors (Lipinski definition) is 4. The second-order valence-corrected chi connectivity index (χ2v) is 7.50. The van der Waals surface area contributed by atoms with Crippen molar-refractivity contribution in [2.24, 2.45) is 5.92 Å². The molecule has 1 saturated heterocycles. The molecule has 8 heteroatoms. The molecular weight excluding hydrogens is 379 g/mol. The smallest absolute Gasteiger partial charge is 0.261 e. The van der Waals surface area contributed by atoms with Crippen LogP contribution in [0, 0.1) is 12.8 Å². The largest absolute Gasteiger partial charge is 0.351 e. The van der Waals surface area contributed by atoms with Gasteiger partial charge in [0.05, 0.1) is 16.3 Å². The average molecular weight is 397 g/mol. The summed E-state index contributed by atoms with van der Waals surface area (Å²) in [5.41, 5.74) is 1.85. The summed E-state index contributed by atoms with van der Waals surface area (Å²) in [6, 6.07) is 9.47. The number of nitrogens with zero attached hydrogens (tertiary/aromatic N) is 2. The van der Waals surface area contributed by atoms with E-state index in [-0.39, 0.29) is 18.3 Å². The molecule has 4 rings (SSSR count). The highest BCUT2D eigenvalue weighted by Crippen LogP contribution is 2.30. The van der Waals surface area contributed by atoms with E-state index in [0.717, 1.165) is 46.1 Å². The molecule has 1 aliphatic heterocycles. The Balaban J connectivity index is 0.00000182. The van der Waals surface area contributed by atoms with Crippen LogP contribution in [-0.4, -0.2) is 35.3 Å². The fourth-order valence-corrected chi connectivity index (χ4v) is 3.96. The van der Waals surface area contributed by atoms with Crippen LogP contribution in [0.5, 0.6) is 0 Å². The quantitative estimate of drug-likeness (QED) is 0.709. The Morgan fingerprint density at radius 3 is 2.76 bits per heavy atom. The summed E-state index contributed by atoms with van der Waals surface area (Å²) in [7, 11) is 0. The number of rotatable bonds is 4. The van der Waals surface area contributed by atoms with E-state index >= 15 is 0 Å². The molecule has 25 heavy (non-hydrogen) atoms. The van der Waals surface area contributed by atoms with E-state index in [1.165, 1.54) is 11.3 Å². The Morgan fingerprint density at radius 1 is 1.40 bits per heavy atom. The maximum atomic E-state index is 12.4. The van der Waals surface area contributed by atoms with Crippen molar-refractivity contribution in [3.8, 4) is 5.69 Å². The molecule has 0 spiro atoms. The molecule has 2 aromatic heterocycles. The zero-order valence-corrected chi connectivity index (χ0v) is 16.0. The normalized spacial score (nSPS) is 14.2. The molecule has 0 radical (unpaired) electrons. The predicted octanol–water partition coefficient (Wildman–Crippen LogP) is 3.42. The lowest BCUT2D eigenvalue weighted by atomic mass is 10.0. The van der Waals surface area contributed by atoms with Crippen LogP contribution in [0.1, 0.15) is 15.4 Å². The molecule has 0 aliphatic carbocycles. The van der Waals surface area contributed by atoms with Crippen molar-refractivity contribution in [3.05, 3.63) is 45.9 Å². The van der Waals surface area contributed by atoms with Gasteiger partial charge in [-0.2, -0.15) is 5.10 Å². The summed E-state index contributed by atoms with van der Waals surface area (Å²) >= 11 is 7.43. The van der Waals surface area contributed by atoms with Gasteiger partial charge in [0, 0.05) is 36.0 Å². The van der Waals surface area contributed by atoms with Crippen LogP contribution in [0.4, 0.5) is 0 Å². The Bertz CT molecular complexity index is 899. The first-order valence-electron chi connectivity index (χ1n) is 7.86. The summed E-state index contributed by atoms with van der Waals surface area (Å²) in [5.74, 6) is 0.541. The van der Waals surface area contributed by atoms with Gasteiger partial charge < -0.3 is 10.6 Å². The lowest BCUT2D eigenvalue weighted by Crippen LogP contribution is -2.48. The number of halogens is 2. The van der Waals surface area contributed by atoms with Gasteiger partial charge in [-0.1, -0.05) is 11.6 Å². The van der Waals surface area contributed by atoms with Crippen LogP contribution in [0.15, 0.2) is 30.3 Å². The Kier molecular flexibility index (Phi) is 5.34. The average Bonchev–Trinajstić information content (AvgIpc) is 3.08. The van der Waals surface area contributed by atoms with E-state index in [4.69, 9.17) is 11.6 Å². The molecule has 0 atom stereocenters. The van der Waals surface area contributed by atoms with E-state index < -0.39 is 0 Å². The molecule has 1 aromatic carbocycles. The minimum atomic E-state index is -0.00911. The van der Waals surface area contributed by atoms with Crippen molar-refractivity contribution in [1.82, 2.24) is 20.4 Å². The van der Waals surface area contributed by atoms with Gasteiger partial charge in [0.25, 0.3) is 5.91 Å². The van der Waals surface area contributed by atoms with Crippen molar-refractivity contribution in [2.75, 3.05) is 19.6 Å². The number of nitrogens with one attached hydrogen (secondary N) is 2. The second kappa shape index (κ2) is 7.33. The lowest BCUT2D eigenvalue weighted by molar-refractivity contribution is 0.0946. The minimum absolute atomic E-state index is 0. The van der Waals surface area contributed by atoms with E-state index in [0.29, 0.717) is 10.9 Å². The third kappa shape index (κ3) is 3.53. The molecule has 3 aromatic rings. The molecule has 1 fully saturated rings. The zero-order valence-electron chi connectivity index (χ0n) is 13.6. The maximum absolute atomic E-state index is 12.4. The zero-order chi connectivity index (χ0) is 16.7. The van der Waals surface area contributed by atoms with Crippen molar-refractivity contribution < 1.29 is 4.79 Å². The van der Waals surface area contributed by atoms with Crippen molar-refractivity contribution in [2.45, 2.75) is 6.92 Å². The monoisotopic (exact) mass is 396 g/mol. The molecule has 132 valence electrons. The first kappa shape index (κ1) is 18.2. The van der Waals surface area contributed by atoms with Gasteiger partial charge in [0.15, 0.2) is 0 Å². The Hall–Kier alpha value is -1.60. The highest BCUT2D eigenvalue weighted by atomic mass is 35.5. The van der Waals surface area contributed by atoms with E-state index in [1.807, 2.05) is 41.9 Å². The van der Waals surface area contributed by atoms with E-state index in [1.54, 1.807) is 0 Å². The molecule has 1 aliphatic rings. The van der Waals surface area contributed by atoms with Gasteiger partial charge in [-0.25, -0.2) is 4.68 Å². The van der Waals surface area contributed by atoms with Crippen molar-refractivity contribution in [1.29, 1.82) is 0 Å². The number of amides is 1. The summed E-state index contributed by atoms with van der Waals surface area (Å²) < 4.78 is 1.87. The predicted molar refractivity (Wildman–Crippen MR) is 105 cm³/mol. The third-order valence-electron chi connectivity index (χ3n) is 4.26. The summed E-state index contributed by atoms with van der Waals surface area (Å²) in [6.45, 7) is 4.65. The van der Waals surface area contributed by atoms with E-state index in [9.17, 15) is 4.79 Å². The van der Waals surface area contributed by atoms with Crippen molar-refractivity contribution in [3.63, 3.8) is 0 Å². The maximum Gasteiger partial charge on any atom is 0.261 e. The van der Waals surface area contributed by atoms with Crippen LogP contribution in [-0.2, 0) is 0 Å². The molecule has 0 bridgehead atoms. The van der Waals surface area contributed by atoms with Gasteiger partial charge in [0.1, 0.15) is 4.83 Å². The van der Waals surface area contributed by atoms with Crippen LogP contribution in [0.25, 0.3) is 15.9 Å². The number of aromatic nitrogens is 2. The summed E-state index contributed by atoms with van der Waals surface area (Å²) in [6.07, 6.45) is 0. The first-order chi connectivity index (χ1) is 11.6. The molecule has 3 heterocycles. The topological polar surface area (TPSA) is 59.0 Å². The van der Waals surface area contributed by atoms with Gasteiger partial charge in [0.2, 0.25) is 0 Å². The van der Waals surface area contributed by atoms with Crippen LogP contribution in [0.3, 0.4) is 0 Å². The number of hydrogen-bond donors (Lipinski definition) is 2. The van der Waals surface area contributed by atoms with Gasteiger partial charge >= 0.3 is 0 Å².